The van der Waals surface area contributed by atoms with Crippen LogP contribution in [0.1, 0.15) is 5.56 Å². The minimum Gasteiger partial charge on any atom is -0.298 e. The number of alkyl halides is 1. The summed E-state index contributed by atoms with van der Waals surface area (Å²) in [6, 6.07) is 7.92. The Kier molecular flexibility index (Phi) is 5.77. The molecular formula is C12H15Cl2N. The number of benzene rings is 1. The summed E-state index contributed by atoms with van der Waals surface area (Å²) in [6.07, 6.45) is 4.03. The zero-order valence-electron chi connectivity index (χ0n) is 8.79. The van der Waals surface area contributed by atoms with Gasteiger partial charge in [-0.3, -0.25) is 4.90 Å². The molecule has 3 heteroatoms. The van der Waals surface area contributed by atoms with E-state index in [0.29, 0.717) is 5.88 Å². The van der Waals surface area contributed by atoms with Crippen LogP contribution in [0.2, 0.25) is 5.02 Å². The lowest BCUT2D eigenvalue weighted by Crippen LogP contribution is -2.17. The third-order valence-corrected chi connectivity index (χ3v) is 2.47. The second-order valence-corrected chi connectivity index (χ2v) is 4.19. The fraction of sp³-hybridized carbons (Fsp3) is 0.333. The SMILES string of the molecule is CN(CC=CCCl)Cc1ccc(Cl)cc1. The first-order chi connectivity index (χ1) is 7.22. The number of allylic oxidation sites excluding steroid dienone is 1. The molecule has 0 amide bonds. The summed E-state index contributed by atoms with van der Waals surface area (Å²) in [5.41, 5.74) is 1.26. The normalized spacial score (nSPS) is 11.5. The summed E-state index contributed by atoms with van der Waals surface area (Å²) >= 11 is 11.4. The van der Waals surface area contributed by atoms with Crippen molar-refractivity contribution in [2.45, 2.75) is 6.54 Å². The molecule has 0 aliphatic heterocycles. The average Bonchev–Trinajstić information content (AvgIpc) is 2.22. The highest BCUT2D eigenvalue weighted by atomic mass is 35.5. The molecule has 0 radical (unpaired) electrons. The molecule has 15 heavy (non-hydrogen) atoms. The molecule has 1 aromatic carbocycles. The zero-order valence-corrected chi connectivity index (χ0v) is 10.3. The molecule has 0 spiro atoms. The molecule has 1 nitrogen and oxygen atoms in total. The maximum Gasteiger partial charge on any atom is 0.0406 e. The van der Waals surface area contributed by atoms with Gasteiger partial charge in [0.2, 0.25) is 0 Å². The third-order valence-electron chi connectivity index (χ3n) is 2.04. The van der Waals surface area contributed by atoms with Crippen LogP contribution in [0.15, 0.2) is 36.4 Å². The molecule has 0 N–H and O–H groups in total. The summed E-state index contributed by atoms with van der Waals surface area (Å²) in [6.45, 7) is 1.83. The molecule has 0 saturated heterocycles. The summed E-state index contributed by atoms with van der Waals surface area (Å²) in [5.74, 6) is 0.578. The molecule has 0 unspecified atom stereocenters. The van der Waals surface area contributed by atoms with Gasteiger partial charge < -0.3 is 0 Å². The van der Waals surface area contributed by atoms with E-state index in [2.05, 4.69) is 18.0 Å². The Morgan fingerprint density at radius 2 is 1.87 bits per heavy atom. The number of likely N-dealkylation sites (N-methyl/N-ethyl adjacent to an activating group) is 1. The van der Waals surface area contributed by atoms with Crippen molar-refractivity contribution >= 4 is 23.2 Å². The largest absolute Gasteiger partial charge is 0.298 e. The van der Waals surface area contributed by atoms with Crippen LogP contribution in [-0.2, 0) is 6.54 Å². The lowest BCUT2D eigenvalue weighted by atomic mass is 10.2. The highest BCUT2D eigenvalue weighted by molar-refractivity contribution is 6.30. The first kappa shape index (κ1) is 12.6. The lowest BCUT2D eigenvalue weighted by Gasteiger charge is -2.14. The second kappa shape index (κ2) is 6.89. The van der Waals surface area contributed by atoms with Crippen molar-refractivity contribution in [3.63, 3.8) is 0 Å². The lowest BCUT2D eigenvalue weighted by molar-refractivity contribution is 0.363. The molecule has 0 fully saturated rings. The van der Waals surface area contributed by atoms with Crippen LogP contribution in [0.3, 0.4) is 0 Å². The fourth-order valence-corrected chi connectivity index (χ4v) is 1.54. The predicted molar refractivity (Wildman–Crippen MR) is 67.6 cm³/mol. The van der Waals surface area contributed by atoms with E-state index in [1.165, 1.54) is 5.56 Å². The van der Waals surface area contributed by atoms with Gasteiger partial charge in [-0.05, 0) is 24.7 Å². The van der Waals surface area contributed by atoms with E-state index in [0.717, 1.165) is 18.1 Å². The van der Waals surface area contributed by atoms with Crippen molar-refractivity contribution < 1.29 is 0 Å². The maximum absolute atomic E-state index is 5.81. The van der Waals surface area contributed by atoms with Crippen LogP contribution >= 0.6 is 23.2 Å². The number of nitrogens with zero attached hydrogens (tertiary/aromatic N) is 1. The second-order valence-electron chi connectivity index (χ2n) is 3.45. The summed E-state index contributed by atoms with van der Waals surface area (Å²) in [4.78, 5) is 2.21. The summed E-state index contributed by atoms with van der Waals surface area (Å²) in [7, 11) is 2.08. The topological polar surface area (TPSA) is 3.24 Å². The highest BCUT2D eigenvalue weighted by Gasteiger charge is 1.97. The van der Waals surface area contributed by atoms with Gasteiger partial charge in [0.1, 0.15) is 0 Å². The van der Waals surface area contributed by atoms with Gasteiger partial charge in [-0.15, -0.1) is 11.6 Å². The Morgan fingerprint density at radius 1 is 1.20 bits per heavy atom. The predicted octanol–water partition coefficient (Wildman–Crippen LogP) is 3.57. The molecule has 0 atom stereocenters. The molecule has 1 aromatic rings. The van der Waals surface area contributed by atoms with E-state index in [1.54, 1.807) is 0 Å². The number of hydrogen-bond acceptors (Lipinski definition) is 1. The average molecular weight is 244 g/mol. The van der Waals surface area contributed by atoms with Crippen LogP contribution in [0, 0.1) is 0 Å². The van der Waals surface area contributed by atoms with Crippen molar-refractivity contribution in [2.75, 3.05) is 19.5 Å². The van der Waals surface area contributed by atoms with E-state index >= 15 is 0 Å². The van der Waals surface area contributed by atoms with Gasteiger partial charge in [0.15, 0.2) is 0 Å². The molecule has 0 heterocycles. The summed E-state index contributed by atoms with van der Waals surface area (Å²) in [5, 5.41) is 0.781. The van der Waals surface area contributed by atoms with Crippen molar-refractivity contribution in [1.29, 1.82) is 0 Å². The van der Waals surface area contributed by atoms with E-state index in [4.69, 9.17) is 23.2 Å². The van der Waals surface area contributed by atoms with Gasteiger partial charge in [-0.1, -0.05) is 35.9 Å². The molecule has 0 aliphatic rings. The van der Waals surface area contributed by atoms with Crippen molar-refractivity contribution in [1.82, 2.24) is 4.90 Å². The quantitative estimate of drug-likeness (QED) is 0.565. The van der Waals surface area contributed by atoms with Crippen LogP contribution in [0.4, 0.5) is 0 Å². The maximum atomic E-state index is 5.81. The molecule has 0 saturated carbocycles. The molecule has 1 rings (SSSR count). The standard InChI is InChI=1S/C12H15Cl2N/c1-15(9-3-2-8-13)10-11-4-6-12(14)7-5-11/h2-7H,8-10H2,1H3. The van der Waals surface area contributed by atoms with E-state index < -0.39 is 0 Å². The van der Waals surface area contributed by atoms with Crippen molar-refractivity contribution in [3.05, 3.63) is 47.0 Å². The van der Waals surface area contributed by atoms with Crippen LogP contribution in [0.25, 0.3) is 0 Å². The van der Waals surface area contributed by atoms with Crippen molar-refractivity contribution in [2.24, 2.45) is 0 Å². The van der Waals surface area contributed by atoms with Crippen LogP contribution in [-0.4, -0.2) is 24.4 Å². The Bertz CT molecular complexity index is 306. The highest BCUT2D eigenvalue weighted by Crippen LogP contribution is 2.10. The van der Waals surface area contributed by atoms with Gasteiger partial charge in [0.25, 0.3) is 0 Å². The minimum atomic E-state index is 0.578. The molecule has 0 aromatic heterocycles. The first-order valence-corrected chi connectivity index (χ1v) is 5.77. The molecule has 0 aliphatic carbocycles. The van der Waals surface area contributed by atoms with Crippen LogP contribution < -0.4 is 0 Å². The molecular weight excluding hydrogens is 229 g/mol. The Balaban J connectivity index is 2.40. The van der Waals surface area contributed by atoms with Gasteiger partial charge >= 0.3 is 0 Å². The van der Waals surface area contributed by atoms with Crippen LogP contribution in [0.5, 0.6) is 0 Å². The van der Waals surface area contributed by atoms with Gasteiger partial charge in [-0.25, -0.2) is 0 Å². The van der Waals surface area contributed by atoms with E-state index in [1.807, 2.05) is 30.3 Å². The fourth-order valence-electron chi connectivity index (χ4n) is 1.28. The third kappa shape index (κ3) is 5.22. The molecule has 82 valence electrons. The van der Waals surface area contributed by atoms with E-state index in [9.17, 15) is 0 Å². The number of rotatable bonds is 5. The summed E-state index contributed by atoms with van der Waals surface area (Å²) < 4.78 is 0. The monoisotopic (exact) mass is 243 g/mol. The molecule has 0 bridgehead atoms. The number of halogens is 2. The Labute approximate surface area is 101 Å². The minimum absolute atomic E-state index is 0.578. The van der Waals surface area contributed by atoms with Gasteiger partial charge in [-0.2, -0.15) is 0 Å². The zero-order chi connectivity index (χ0) is 11.1. The Hall–Kier alpha value is -0.500. The van der Waals surface area contributed by atoms with Crippen molar-refractivity contribution in [3.8, 4) is 0 Å². The van der Waals surface area contributed by atoms with Gasteiger partial charge in [0, 0.05) is 24.0 Å². The van der Waals surface area contributed by atoms with E-state index in [-0.39, 0.29) is 0 Å². The van der Waals surface area contributed by atoms with Gasteiger partial charge in [0.05, 0.1) is 0 Å². The smallest absolute Gasteiger partial charge is 0.0406 e. The number of hydrogen-bond donors (Lipinski definition) is 0. The Morgan fingerprint density at radius 3 is 2.47 bits per heavy atom. The first-order valence-electron chi connectivity index (χ1n) is 4.86.